The molecule has 0 unspecified atom stereocenters. The van der Waals surface area contributed by atoms with Crippen molar-refractivity contribution in [1.82, 2.24) is 15.5 Å². The summed E-state index contributed by atoms with van der Waals surface area (Å²) < 4.78 is 27.3. The standard InChI is InChI=1S/C10H17N3O4S/c1-6(2)5-8(14)11-7(3)9-12-13-10(17-9)18(4,15)16/h6-7H,5H2,1-4H3,(H,11,14)/t7-/m0/s1. The van der Waals surface area contributed by atoms with Gasteiger partial charge in [-0.1, -0.05) is 18.9 Å². The van der Waals surface area contributed by atoms with Crippen LogP contribution < -0.4 is 5.32 Å². The van der Waals surface area contributed by atoms with E-state index in [2.05, 4.69) is 15.5 Å². The fourth-order valence-corrected chi connectivity index (χ4v) is 1.70. The summed E-state index contributed by atoms with van der Waals surface area (Å²) in [6.45, 7) is 5.51. The van der Waals surface area contributed by atoms with Gasteiger partial charge in [0.05, 0.1) is 0 Å². The van der Waals surface area contributed by atoms with Crippen molar-refractivity contribution >= 4 is 15.7 Å². The first-order valence-corrected chi connectivity index (χ1v) is 7.42. The number of nitrogens with one attached hydrogen (secondary N) is 1. The molecule has 0 aromatic carbocycles. The Morgan fingerprint density at radius 3 is 2.39 bits per heavy atom. The Labute approximate surface area is 106 Å². The Balaban J connectivity index is 2.71. The van der Waals surface area contributed by atoms with E-state index in [9.17, 15) is 13.2 Å². The molecule has 8 heteroatoms. The molecule has 1 aromatic rings. The van der Waals surface area contributed by atoms with Crippen molar-refractivity contribution in [3.63, 3.8) is 0 Å². The third-order valence-electron chi connectivity index (χ3n) is 2.08. The highest BCUT2D eigenvalue weighted by Crippen LogP contribution is 2.14. The van der Waals surface area contributed by atoms with Crippen molar-refractivity contribution in [1.29, 1.82) is 0 Å². The lowest BCUT2D eigenvalue weighted by molar-refractivity contribution is -0.122. The lowest BCUT2D eigenvalue weighted by atomic mass is 10.1. The molecule has 18 heavy (non-hydrogen) atoms. The van der Waals surface area contributed by atoms with Crippen LogP contribution in [0.5, 0.6) is 0 Å². The molecule has 0 saturated heterocycles. The first-order chi connectivity index (χ1) is 8.20. The van der Waals surface area contributed by atoms with Gasteiger partial charge < -0.3 is 9.73 Å². The molecule has 7 nitrogen and oxygen atoms in total. The highest BCUT2D eigenvalue weighted by molar-refractivity contribution is 7.90. The normalized spacial score (nSPS) is 13.6. The molecular formula is C10H17N3O4S. The minimum Gasteiger partial charge on any atom is -0.410 e. The van der Waals surface area contributed by atoms with E-state index in [0.717, 1.165) is 6.26 Å². The van der Waals surface area contributed by atoms with Gasteiger partial charge in [0.25, 0.3) is 0 Å². The van der Waals surface area contributed by atoms with Gasteiger partial charge in [-0.05, 0) is 12.8 Å². The Morgan fingerprint density at radius 2 is 1.94 bits per heavy atom. The fourth-order valence-electron chi connectivity index (χ4n) is 1.28. The van der Waals surface area contributed by atoms with E-state index >= 15 is 0 Å². The van der Waals surface area contributed by atoms with Gasteiger partial charge in [0.2, 0.25) is 21.6 Å². The summed E-state index contributed by atoms with van der Waals surface area (Å²) >= 11 is 0. The van der Waals surface area contributed by atoms with Crippen molar-refractivity contribution in [2.45, 2.75) is 38.5 Å². The van der Waals surface area contributed by atoms with Crippen LogP contribution in [0.1, 0.15) is 39.1 Å². The number of hydrogen-bond donors (Lipinski definition) is 1. The van der Waals surface area contributed by atoms with Crippen LogP contribution in [0.4, 0.5) is 0 Å². The Kier molecular flexibility index (Phi) is 4.44. The summed E-state index contributed by atoms with van der Waals surface area (Å²) in [7, 11) is -3.52. The van der Waals surface area contributed by atoms with E-state index in [1.165, 1.54) is 0 Å². The zero-order valence-corrected chi connectivity index (χ0v) is 11.6. The van der Waals surface area contributed by atoms with Crippen LogP contribution in [-0.4, -0.2) is 30.8 Å². The molecule has 0 radical (unpaired) electrons. The highest BCUT2D eigenvalue weighted by Gasteiger charge is 2.21. The van der Waals surface area contributed by atoms with E-state index in [0.29, 0.717) is 6.42 Å². The first-order valence-electron chi connectivity index (χ1n) is 5.53. The van der Waals surface area contributed by atoms with Gasteiger partial charge in [0.15, 0.2) is 0 Å². The Bertz CT molecular complexity index is 521. The molecule has 1 amide bonds. The number of nitrogens with zero attached hydrogens (tertiary/aromatic N) is 2. The molecule has 0 spiro atoms. The maximum absolute atomic E-state index is 11.5. The van der Waals surface area contributed by atoms with E-state index in [1.54, 1.807) is 6.92 Å². The predicted molar refractivity (Wildman–Crippen MR) is 63.4 cm³/mol. The van der Waals surface area contributed by atoms with Gasteiger partial charge in [-0.25, -0.2) is 8.42 Å². The maximum atomic E-state index is 11.5. The van der Waals surface area contributed by atoms with Gasteiger partial charge in [-0.15, -0.1) is 5.10 Å². The summed E-state index contributed by atoms with van der Waals surface area (Å²) in [5.41, 5.74) is 0. The number of carbonyl (C=O) groups is 1. The van der Waals surface area contributed by atoms with Crippen LogP contribution in [0.25, 0.3) is 0 Å². The second-order valence-corrected chi connectivity index (χ2v) is 6.46. The number of rotatable bonds is 5. The molecule has 102 valence electrons. The van der Waals surface area contributed by atoms with Crippen molar-refractivity contribution in [2.24, 2.45) is 5.92 Å². The average Bonchev–Trinajstić information content (AvgIpc) is 2.63. The first kappa shape index (κ1) is 14.6. The van der Waals surface area contributed by atoms with Crippen molar-refractivity contribution in [3.05, 3.63) is 5.89 Å². The average molecular weight is 275 g/mol. The second kappa shape index (κ2) is 5.47. The fraction of sp³-hybridized carbons (Fsp3) is 0.700. The molecule has 0 fully saturated rings. The summed E-state index contributed by atoms with van der Waals surface area (Å²) in [6, 6.07) is -0.515. The third kappa shape index (κ3) is 4.10. The summed E-state index contributed by atoms with van der Waals surface area (Å²) in [4.78, 5) is 11.5. The minimum atomic E-state index is -3.52. The molecule has 1 atom stereocenters. The van der Waals surface area contributed by atoms with Crippen LogP contribution in [0.15, 0.2) is 9.64 Å². The second-order valence-electron chi connectivity index (χ2n) is 4.57. The molecule has 1 heterocycles. The third-order valence-corrected chi connectivity index (χ3v) is 2.88. The topological polar surface area (TPSA) is 102 Å². The molecule has 1 N–H and O–H groups in total. The predicted octanol–water partition coefficient (Wildman–Crippen LogP) is 0.696. The lowest BCUT2D eigenvalue weighted by Gasteiger charge is -2.10. The number of amides is 1. The van der Waals surface area contributed by atoms with Crippen molar-refractivity contribution < 1.29 is 17.6 Å². The van der Waals surface area contributed by atoms with Gasteiger partial charge in [0.1, 0.15) is 6.04 Å². The van der Waals surface area contributed by atoms with Crippen LogP contribution in [0.2, 0.25) is 0 Å². The van der Waals surface area contributed by atoms with Gasteiger partial charge in [-0.2, -0.15) is 0 Å². The van der Waals surface area contributed by atoms with Crippen LogP contribution >= 0.6 is 0 Å². The highest BCUT2D eigenvalue weighted by atomic mass is 32.2. The smallest absolute Gasteiger partial charge is 0.335 e. The van der Waals surface area contributed by atoms with Crippen LogP contribution in [0.3, 0.4) is 0 Å². The van der Waals surface area contributed by atoms with Crippen LogP contribution in [-0.2, 0) is 14.6 Å². The van der Waals surface area contributed by atoms with E-state index in [4.69, 9.17) is 4.42 Å². The van der Waals surface area contributed by atoms with Crippen molar-refractivity contribution in [2.75, 3.05) is 6.26 Å². The summed E-state index contributed by atoms with van der Waals surface area (Å²) in [5.74, 6) is 0.176. The molecular weight excluding hydrogens is 258 g/mol. The Morgan fingerprint density at radius 1 is 1.33 bits per heavy atom. The Hall–Kier alpha value is -1.44. The van der Waals surface area contributed by atoms with Crippen molar-refractivity contribution in [3.8, 4) is 0 Å². The molecule has 1 rings (SSSR count). The molecule has 0 saturated carbocycles. The van der Waals surface area contributed by atoms with E-state index in [-0.39, 0.29) is 17.7 Å². The number of aromatic nitrogens is 2. The van der Waals surface area contributed by atoms with E-state index in [1.807, 2.05) is 13.8 Å². The SMILES string of the molecule is CC(C)CC(=O)N[C@@H](C)c1nnc(S(C)(=O)=O)o1. The van der Waals surface area contributed by atoms with Gasteiger partial charge >= 0.3 is 5.22 Å². The number of sulfone groups is 1. The molecule has 1 aromatic heterocycles. The largest absolute Gasteiger partial charge is 0.410 e. The zero-order valence-electron chi connectivity index (χ0n) is 10.8. The van der Waals surface area contributed by atoms with E-state index < -0.39 is 21.1 Å². The van der Waals surface area contributed by atoms with Gasteiger partial charge in [0, 0.05) is 12.7 Å². The summed E-state index contributed by atoms with van der Waals surface area (Å²) in [5, 5.41) is 9.25. The number of carbonyl (C=O) groups excluding carboxylic acids is 1. The zero-order chi connectivity index (χ0) is 13.9. The van der Waals surface area contributed by atoms with Crippen LogP contribution in [0, 0.1) is 5.92 Å². The minimum absolute atomic E-state index is 0.0764. The van der Waals surface area contributed by atoms with Gasteiger partial charge in [-0.3, -0.25) is 4.79 Å². The summed E-state index contributed by atoms with van der Waals surface area (Å²) in [6.07, 6.45) is 1.36. The molecule has 0 aliphatic rings. The number of hydrogen-bond acceptors (Lipinski definition) is 6. The maximum Gasteiger partial charge on any atom is 0.335 e. The molecule has 0 bridgehead atoms. The monoisotopic (exact) mass is 275 g/mol. The molecule has 0 aliphatic carbocycles. The molecule has 0 aliphatic heterocycles. The lowest BCUT2D eigenvalue weighted by Crippen LogP contribution is -2.27. The quantitative estimate of drug-likeness (QED) is 0.848.